The van der Waals surface area contributed by atoms with Crippen LogP contribution in [0.15, 0.2) is 0 Å². The molecule has 0 amide bonds. The molecule has 1 saturated carbocycles. The average Bonchev–Trinajstić information content (AvgIpc) is 1.65. The monoisotopic (exact) mass is 102 g/mol. The summed E-state index contributed by atoms with van der Waals surface area (Å²) in [6.07, 6.45) is 1.67. The lowest BCUT2D eigenvalue weighted by Crippen LogP contribution is -2.33. The molecular formula is C5H10O2. The van der Waals surface area contributed by atoms with Gasteiger partial charge in [-0.05, 0) is 12.8 Å². The Kier molecular flexibility index (Phi) is 1.30. The van der Waals surface area contributed by atoms with Crippen LogP contribution in [0.4, 0.5) is 0 Å². The van der Waals surface area contributed by atoms with E-state index in [0.29, 0.717) is 0 Å². The normalized spacial score (nSPS) is 40.3. The van der Waals surface area contributed by atoms with Crippen LogP contribution in [0.3, 0.4) is 0 Å². The topological polar surface area (TPSA) is 40.5 Å². The van der Waals surface area contributed by atoms with Crippen molar-refractivity contribution in [2.75, 3.05) is 6.61 Å². The molecule has 2 nitrogen and oxygen atoms in total. The van der Waals surface area contributed by atoms with Gasteiger partial charge in [0.25, 0.3) is 0 Å². The summed E-state index contributed by atoms with van der Waals surface area (Å²) in [5, 5.41) is 17.1. The highest BCUT2D eigenvalue weighted by atomic mass is 16.3. The molecule has 2 heteroatoms. The van der Waals surface area contributed by atoms with Crippen LogP contribution >= 0.6 is 0 Å². The molecule has 1 rings (SSSR count). The summed E-state index contributed by atoms with van der Waals surface area (Å²) in [6.45, 7) is 0.154. The summed E-state index contributed by atoms with van der Waals surface area (Å²) in [5.41, 5.74) is 0. The first-order valence-electron chi connectivity index (χ1n) is 2.63. The summed E-state index contributed by atoms with van der Waals surface area (Å²) in [7, 11) is 0. The van der Waals surface area contributed by atoms with Crippen molar-refractivity contribution in [2.45, 2.75) is 18.9 Å². The SMILES string of the molecule is OC[C@H]1CC[C@@H]1O. The van der Waals surface area contributed by atoms with Crippen LogP contribution in [0.5, 0.6) is 0 Å². The zero-order valence-corrected chi connectivity index (χ0v) is 4.17. The fourth-order valence-corrected chi connectivity index (χ4v) is 0.764. The minimum Gasteiger partial charge on any atom is -0.396 e. The van der Waals surface area contributed by atoms with E-state index in [4.69, 9.17) is 10.2 Å². The first-order valence-corrected chi connectivity index (χ1v) is 2.63. The Morgan fingerprint density at radius 2 is 2.14 bits per heavy atom. The highest BCUT2D eigenvalue weighted by Crippen LogP contribution is 2.25. The van der Waals surface area contributed by atoms with Gasteiger partial charge in [0, 0.05) is 12.5 Å². The molecule has 1 aliphatic carbocycles. The number of hydrogen-bond acceptors (Lipinski definition) is 2. The van der Waals surface area contributed by atoms with Crippen LogP contribution in [0.1, 0.15) is 12.8 Å². The Balaban J connectivity index is 2.16. The van der Waals surface area contributed by atoms with Crippen LogP contribution in [0, 0.1) is 5.92 Å². The van der Waals surface area contributed by atoms with E-state index >= 15 is 0 Å². The van der Waals surface area contributed by atoms with Gasteiger partial charge in [-0.2, -0.15) is 0 Å². The van der Waals surface area contributed by atoms with Gasteiger partial charge in [0.1, 0.15) is 0 Å². The van der Waals surface area contributed by atoms with Gasteiger partial charge < -0.3 is 10.2 Å². The third-order valence-corrected chi connectivity index (χ3v) is 1.61. The van der Waals surface area contributed by atoms with Crippen molar-refractivity contribution in [3.63, 3.8) is 0 Å². The molecule has 2 N–H and O–H groups in total. The Morgan fingerprint density at radius 1 is 1.43 bits per heavy atom. The second-order valence-electron chi connectivity index (χ2n) is 2.09. The molecule has 0 saturated heterocycles. The molecule has 7 heavy (non-hydrogen) atoms. The van der Waals surface area contributed by atoms with E-state index in [1.165, 1.54) is 0 Å². The quantitative estimate of drug-likeness (QED) is 0.479. The predicted octanol–water partition coefficient (Wildman–Crippen LogP) is -0.250. The van der Waals surface area contributed by atoms with Crippen molar-refractivity contribution < 1.29 is 10.2 Å². The second-order valence-corrected chi connectivity index (χ2v) is 2.09. The predicted molar refractivity (Wildman–Crippen MR) is 25.8 cm³/mol. The van der Waals surface area contributed by atoms with Crippen molar-refractivity contribution >= 4 is 0 Å². The molecule has 1 aliphatic rings. The first kappa shape index (κ1) is 5.06. The highest BCUT2D eigenvalue weighted by molar-refractivity contribution is 4.78. The molecule has 0 spiro atoms. The maximum absolute atomic E-state index is 8.75. The largest absolute Gasteiger partial charge is 0.396 e. The van der Waals surface area contributed by atoms with Crippen molar-refractivity contribution in [1.29, 1.82) is 0 Å². The van der Waals surface area contributed by atoms with Gasteiger partial charge in [0.15, 0.2) is 0 Å². The molecule has 0 aromatic rings. The van der Waals surface area contributed by atoms with E-state index in [9.17, 15) is 0 Å². The van der Waals surface area contributed by atoms with E-state index in [-0.39, 0.29) is 18.6 Å². The van der Waals surface area contributed by atoms with Crippen molar-refractivity contribution in [3.05, 3.63) is 0 Å². The fraction of sp³-hybridized carbons (Fsp3) is 1.00. The zero-order chi connectivity index (χ0) is 5.28. The Hall–Kier alpha value is -0.0800. The summed E-state index contributed by atoms with van der Waals surface area (Å²) in [4.78, 5) is 0. The lowest BCUT2D eigenvalue weighted by atomic mass is 9.83. The van der Waals surface area contributed by atoms with E-state index < -0.39 is 0 Å². The molecule has 0 unspecified atom stereocenters. The second kappa shape index (κ2) is 1.80. The van der Waals surface area contributed by atoms with Crippen molar-refractivity contribution in [1.82, 2.24) is 0 Å². The molecule has 2 atom stereocenters. The van der Waals surface area contributed by atoms with Gasteiger partial charge in [-0.15, -0.1) is 0 Å². The molecular weight excluding hydrogens is 92.1 g/mol. The molecule has 0 heterocycles. The maximum atomic E-state index is 8.75. The molecule has 1 fully saturated rings. The van der Waals surface area contributed by atoms with Crippen molar-refractivity contribution in [3.8, 4) is 0 Å². The first-order chi connectivity index (χ1) is 3.34. The minimum atomic E-state index is -0.204. The smallest absolute Gasteiger partial charge is 0.0590 e. The summed E-state index contributed by atoms with van der Waals surface area (Å²) >= 11 is 0. The third kappa shape index (κ3) is 0.763. The molecule has 0 bridgehead atoms. The fourth-order valence-electron chi connectivity index (χ4n) is 0.764. The molecule has 0 aliphatic heterocycles. The van der Waals surface area contributed by atoms with Gasteiger partial charge in [-0.1, -0.05) is 0 Å². The summed E-state index contributed by atoms with van der Waals surface area (Å²) in [6, 6.07) is 0. The number of rotatable bonds is 1. The van der Waals surface area contributed by atoms with Gasteiger partial charge >= 0.3 is 0 Å². The Labute approximate surface area is 42.8 Å². The van der Waals surface area contributed by atoms with Crippen molar-refractivity contribution in [2.24, 2.45) is 5.92 Å². The van der Waals surface area contributed by atoms with Gasteiger partial charge in [-0.3, -0.25) is 0 Å². The standard InChI is InChI=1S/C5H10O2/c6-3-4-1-2-5(4)7/h4-7H,1-3H2/t4-,5+/m1/s1. The number of aliphatic hydroxyl groups excluding tert-OH is 2. The Morgan fingerprint density at radius 3 is 2.14 bits per heavy atom. The van der Waals surface area contributed by atoms with Gasteiger partial charge in [0.05, 0.1) is 6.10 Å². The molecule has 0 aromatic heterocycles. The molecule has 0 radical (unpaired) electrons. The third-order valence-electron chi connectivity index (χ3n) is 1.61. The van der Waals surface area contributed by atoms with E-state index in [2.05, 4.69) is 0 Å². The van der Waals surface area contributed by atoms with Crippen LogP contribution in [0.25, 0.3) is 0 Å². The minimum absolute atomic E-state index is 0.154. The lowest BCUT2D eigenvalue weighted by Gasteiger charge is -2.30. The zero-order valence-electron chi connectivity index (χ0n) is 4.17. The van der Waals surface area contributed by atoms with Gasteiger partial charge in [0.2, 0.25) is 0 Å². The van der Waals surface area contributed by atoms with Crippen LogP contribution in [-0.2, 0) is 0 Å². The van der Waals surface area contributed by atoms with Crippen LogP contribution in [0.2, 0.25) is 0 Å². The Bertz CT molecular complexity index is 61.1. The highest BCUT2D eigenvalue weighted by Gasteiger charge is 2.27. The van der Waals surface area contributed by atoms with E-state index in [0.717, 1.165) is 12.8 Å². The maximum Gasteiger partial charge on any atom is 0.0590 e. The molecule has 0 aromatic carbocycles. The van der Waals surface area contributed by atoms with Crippen LogP contribution in [-0.4, -0.2) is 22.9 Å². The van der Waals surface area contributed by atoms with E-state index in [1.807, 2.05) is 0 Å². The average molecular weight is 102 g/mol. The summed E-state index contributed by atoms with van der Waals surface area (Å²) < 4.78 is 0. The molecule has 42 valence electrons. The lowest BCUT2D eigenvalue weighted by molar-refractivity contribution is -0.00713. The van der Waals surface area contributed by atoms with E-state index in [1.54, 1.807) is 0 Å². The number of hydrogen-bond donors (Lipinski definition) is 2. The summed E-state index contributed by atoms with van der Waals surface area (Å²) in [5.74, 6) is 0.194. The van der Waals surface area contributed by atoms with Crippen LogP contribution < -0.4 is 0 Å². The number of aliphatic hydroxyl groups is 2. The van der Waals surface area contributed by atoms with Gasteiger partial charge in [-0.25, -0.2) is 0 Å².